The number of ether oxygens (including phenoxy) is 2. The van der Waals surface area contributed by atoms with E-state index in [-0.39, 0.29) is 17.3 Å². The Kier molecular flexibility index (Phi) is 6.84. The molecule has 0 aliphatic heterocycles. The Balaban J connectivity index is 1.49. The Bertz CT molecular complexity index is 1160. The van der Waals surface area contributed by atoms with Crippen LogP contribution < -0.4 is 20.5 Å². The molecule has 1 aliphatic rings. The van der Waals surface area contributed by atoms with E-state index in [1.807, 2.05) is 12.1 Å². The summed E-state index contributed by atoms with van der Waals surface area (Å²) in [5, 5.41) is 3.50. The zero-order chi connectivity index (χ0) is 22.5. The van der Waals surface area contributed by atoms with Crippen LogP contribution in [0.2, 0.25) is 0 Å². The SMILES string of the molecule is COc1ccc(NC(=O)CSc2nc(=O)n(Cc3ccco3)c3c2CCCC3)cc1OC. The molecule has 4 rings (SSSR count). The molecule has 0 bridgehead atoms. The van der Waals surface area contributed by atoms with Gasteiger partial charge in [0.15, 0.2) is 11.5 Å². The highest BCUT2D eigenvalue weighted by atomic mass is 32.2. The number of amides is 1. The smallest absolute Gasteiger partial charge is 0.349 e. The quantitative estimate of drug-likeness (QED) is 0.410. The number of methoxy groups -OCH3 is 2. The minimum Gasteiger partial charge on any atom is -0.493 e. The van der Waals surface area contributed by atoms with Crippen LogP contribution in [0.3, 0.4) is 0 Å². The van der Waals surface area contributed by atoms with Crippen molar-refractivity contribution in [2.24, 2.45) is 0 Å². The number of hydrogen-bond acceptors (Lipinski definition) is 7. The zero-order valence-corrected chi connectivity index (χ0v) is 18.9. The third-order valence-corrected chi connectivity index (χ3v) is 6.37. The van der Waals surface area contributed by atoms with Gasteiger partial charge in [0.1, 0.15) is 10.8 Å². The molecule has 0 radical (unpaired) electrons. The van der Waals surface area contributed by atoms with Gasteiger partial charge >= 0.3 is 5.69 Å². The van der Waals surface area contributed by atoms with Gasteiger partial charge in [-0.2, -0.15) is 4.98 Å². The van der Waals surface area contributed by atoms with Gasteiger partial charge in [-0.15, -0.1) is 0 Å². The molecule has 0 saturated heterocycles. The molecule has 0 atom stereocenters. The van der Waals surface area contributed by atoms with Gasteiger partial charge in [0, 0.05) is 23.0 Å². The highest BCUT2D eigenvalue weighted by Crippen LogP contribution is 2.31. The average Bonchev–Trinajstić information content (AvgIpc) is 3.33. The molecule has 168 valence electrons. The van der Waals surface area contributed by atoms with Gasteiger partial charge in [-0.1, -0.05) is 11.8 Å². The lowest BCUT2D eigenvalue weighted by atomic mass is 9.97. The van der Waals surface area contributed by atoms with Crippen molar-refractivity contribution >= 4 is 23.4 Å². The first kappa shape index (κ1) is 22.0. The monoisotopic (exact) mass is 455 g/mol. The molecule has 2 heterocycles. The number of thioether (sulfide) groups is 1. The van der Waals surface area contributed by atoms with Crippen LogP contribution in [0, 0.1) is 0 Å². The number of benzene rings is 1. The Morgan fingerprint density at radius 2 is 2.00 bits per heavy atom. The summed E-state index contributed by atoms with van der Waals surface area (Å²) in [4.78, 5) is 29.6. The molecule has 0 spiro atoms. The summed E-state index contributed by atoms with van der Waals surface area (Å²) in [5.74, 6) is 1.81. The number of nitrogens with one attached hydrogen (secondary N) is 1. The number of furan rings is 1. The van der Waals surface area contributed by atoms with E-state index < -0.39 is 0 Å². The fraction of sp³-hybridized carbons (Fsp3) is 0.348. The lowest BCUT2D eigenvalue weighted by molar-refractivity contribution is -0.113. The lowest BCUT2D eigenvalue weighted by Crippen LogP contribution is -2.30. The number of anilines is 1. The third-order valence-electron chi connectivity index (χ3n) is 5.35. The van der Waals surface area contributed by atoms with Crippen LogP contribution in [0.4, 0.5) is 5.69 Å². The van der Waals surface area contributed by atoms with Crippen LogP contribution in [-0.4, -0.2) is 35.4 Å². The van der Waals surface area contributed by atoms with Crippen LogP contribution >= 0.6 is 11.8 Å². The van der Waals surface area contributed by atoms with E-state index in [0.29, 0.717) is 28.8 Å². The van der Waals surface area contributed by atoms with Crippen LogP contribution in [-0.2, 0) is 24.2 Å². The predicted molar refractivity (Wildman–Crippen MR) is 122 cm³/mol. The van der Waals surface area contributed by atoms with E-state index in [2.05, 4.69) is 10.3 Å². The lowest BCUT2D eigenvalue weighted by Gasteiger charge is -2.22. The molecule has 1 aliphatic carbocycles. The van der Waals surface area contributed by atoms with Crippen molar-refractivity contribution in [2.45, 2.75) is 37.3 Å². The van der Waals surface area contributed by atoms with Gasteiger partial charge in [0.2, 0.25) is 5.91 Å². The molecule has 1 N–H and O–H groups in total. The van der Waals surface area contributed by atoms with Crippen LogP contribution in [0.15, 0.2) is 50.8 Å². The van der Waals surface area contributed by atoms with E-state index in [4.69, 9.17) is 13.9 Å². The van der Waals surface area contributed by atoms with Crippen molar-refractivity contribution in [3.63, 3.8) is 0 Å². The summed E-state index contributed by atoms with van der Waals surface area (Å²) < 4.78 is 17.6. The minimum atomic E-state index is -0.315. The van der Waals surface area contributed by atoms with E-state index in [9.17, 15) is 9.59 Å². The molecular weight excluding hydrogens is 430 g/mol. The average molecular weight is 456 g/mol. The Labute approximate surface area is 189 Å². The molecule has 3 aromatic rings. The van der Waals surface area contributed by atoms with Crippen molar-refractivity contribution in [1.82, 2.24) is 9.55 Å². The first-order chi connectivity index (χ1) is 15.6. The summed E-state index contributed by atoms with van der Waals surface area (Å²) in [6.07, 6.45) is 5.33. The molecule has 0 fully saturated rings. The third kappa shape index (κ3) is 4.83. The standard InChI is InChI=1S/C23H25N3O5S/c1-29-19-10-9-15(12-20(19)30-2)24-21(27)14-32-22-17-7-3-4-8-18(17)26(23(28)25-22)13-16-6-5-11-31-16/h5-6,9-12H,3-4,7-8,13-14H2,1-2H3,(H,24,27). The summed E-state index contributed by atoms with van der Waals surface area (Å²) in [5.41, 5.74) is 2.35. The number of carbonyl (C=O) groups is 1. The maximum absolute atomic E-state index is 12.8. The van der Waals surface area contributed by atoms with Crippen LogP contribution in [0.5, 0.6) is 11.5 Å². The Morgan fingerprint density at radius 1 is 1.19 bits per heavy atom. The van der Waals surface area contributed by atoms with E-state index >= 15 is 0 Å². The fourth-order valence-electron chi connectivity index (χ4n) is 3.83. The Hall–Kier alpha value is -3.20. The summed E-state index contributed by atoms with van der Waals surface area (Å²) in [6.45, 7) is 0.367. The molecule has 0 unspecified atom stereocenters. The summed E-state index contributed by atoms with van der Waals surface area (Å²) in [7, 11) is 3.10. The van der Waals surface area contributed by atoms with Crippen LogP contribution in [0.1, 0.15) is 29.9 Å². The van der Waals surface area contributed by atoms with Gasteiger partial charge < -0.3 is 19.2 Å². The van der Waals surface area contributed by atoms with Crippen molar-refractivity contribution in [2.75, 3.05) is 25.3 Å². The number of fused-ring (bicyclic) bond motifs is 1. The molecule has 2 aromatic heterocycles. The first-order valence-electron chi connectivity index (χ1n) is 10.4. The predicted octanol–water partition coefficient (Wildman–Crippen LogP) is 3.51. The highest BCUT2D eigenvalue weighted by Gasteiger charge is 2.21. The second kappa shape index (κ2) is 9.95. The molecular formula is C23H25N3O5S. The molecule has 32 heavy (non-hydrogen) atoms. The normalized spacial score (nSPS) is 12.8. The summed E-state index contributed by atoms with van der Waals surface area (Å²) in [6, 6.07) is 8.85. The highest BCUT2D eigenvalue weighted by molar-refractivity contribution is 8.00. The fourth-order valence-corrected chi connectivity index (χ4v) is 4.71. The maximum Gasteiger partial charge on any atom is 0.349 e. The number of rotatable bonds is 8. The van der Waals surface area contributed by atoms with Crippen molar-refractivity contribution in [3.8, 4) is 11.5 Å². The van der Waals surface area contributed by atoms with Gasteiger partial charge in [0.05, 0.1) is 32.8 Å². The maximum atomic E-state index is 12.8. The largest absolute Gasteiger partial charge is 0.493 e. The number of aromatic nitrogens is 2. The van der Waals surface area contributed by atoms with Gasteiger partial charge in [0.25, 0.3) is 0 Å². The van der Waals surface area contributed by atoms with E-state index in [1.54, 1.807) is 43.2 Å². The van der Waals surface area contributed by atoms with Crippen molar-refractivity contribution in [1.29, 1.82) is 0 Å². The molecule has 9 heteroatoms. The number of hydrogen-bond donors (Lipinski definition) is 1. The van der Waals surface area contributed by atoms with Crippen LogP contribution in [0.25, 0.3) is 0 Å². The van der Waals surface area contributed by atoms with Crippen molar-refractivity contribution in [3.05, 3.63) is 64.1 Å². The number of nitrogens with zero attached hydrogens (tertiary/aromatic N) is 2. The minimum absolute atomic E-state index is 0.148. The van der Waals surface area contributed by atoms with E-state index in [1.165, 1.54) is 11.8 Å². The first-order valence-corrected chi connectivity index (χ1v) is 11.4. The molecule has 1 amide bonds. The zero-order valence-electron chi connectivity index (χ0n) is 18.1. The second-order valence-electron chi connectivity index (χ2n) is 7.40. The molecule has 1 aromatic carbocycles. The van der Waals surface area contributed by atoms with Gasteiger partial charge in [-0.25, -0.2) is 4.79 Å². The van der Waals surface area contributed by atoms with Gasteiger partial charge in [-0.05, 0) is 49.9 Å². The Morgan fingerprint density at radius 3 is 2.75 bits per heavy atom. The molecule has 0 saturated carbocycles. The topological polar surface area (TPSA) is 95.6 Å². The van der Waals surface area contributed by atoms with Crippen molar-refractivity contribution < 1.29 is 18.7 Å². The van der Waals surface area contributed by atoms with Gasteiger partial charge in [-0.3, -0.25) is 9.36 Å². The molecule has 8 nitrogen and oxygen atoms in total. The second-order valence-corrected chi connectivity index (χ2v) is 8.37. The van der Waals surface area contributed by atoms with E-state index in [0.717, 1.165) is 42.7 Å². The number of carbonyl (C=O) groups excluding carboxylic acids is 1. The summed E-state index contributed by atoms with van der Waals surface area (Å²) >= 11 is 1.29.